The molecule has 0 radical (unpaired) electrons. The van der Waals surface area contributed by atoms with Crippen molar-refractivity contribution < 1.29 is 14.8 Å². The third-order valence-corrected chi connectivity index (χ3v) is 2.85. The molecule has 0 aliphatic carbocycles. The molecule has 0 aliphatic heterocycles. The molecular weight excluding hydrogens is 248 g/mol. The Morgan fingerprint density at radius 3 is 2.68 bits per heavy atom. The van der Waals surface area contributed by atoms with Crippen molar-refractivity contribution in [3.05, 3.63) is 33.9 Å². The summed E-state index contributed by atoms with van der Waals surface area (Å²) >= 11 is 0. The third kappa shape index (κ3) is 4.18. The Labute approximate surface area is 112 Å². The molecule has 19 heavy (non-hydrogen) atoms. The molecule has 1 aromatic rings. The molecule has 0 aliphatic rings. The molecule has 1 aromatic carbocycles. The van der Waals surface area contributed by atoms with Crippen LogP contribution in [0.4, 0.5) is 11.4 Å². The number of nitrogens with zero attached hydrogens (tertiary/aromatic N) is 2. The Kier molecular flexibility index (Phi) is 6.24. The minimum absolute atomic E-state index is 0.0184. The van der Waals surface area contributed by atoms with Gasteiger partial charge in [0.05, 0.1) is 18.1 Å². The first kappa shape index (κ1) is 15.4. The van der Waals surface area contributed by atoms with Crippen LogP contribution in [0.15, 0.2) is 18.2 Å². The summed E-state index contributed by atoms with van der Waals surface area (Å²) < 4.78 is 5.28. The summed E-state index contributed by atoms with van der Waals surface area (Å²) in [5, 5.41) is 20.2. The Balaban J connectivity index is 2.98. The highest BCUT2D eigenvalue weighted by Gasteiger charge is 2.18. The van der Waals surface area contributed by atoms with Gasteiger partial charge in [0.25, 0.3) is 5.69 Å². The number of anilines is 1. The summed E-state index contributed by atoms with van der Waals surface area (Å²) in [6.45, 7) is 6.07. The quantitative estimate of drug-likeness (QED) is 0.443. The van der Waals surface area contributed by atoms with E-state index in [-0.39, 0.29) is 12.3 Å². The summed E-state index contributed by atoms with van der Waals surface area (Å²) in [7, 11) is 0. The number of ether oxygens (including phenoxy) is 1. The van der Waals surface area contributed by atoms with E-state index in [2.05, 4.69) is 0 Å². The standard InChI is InChI=1S/C13H20N2O4/c1-3-14(7-8-19-4-2)12-6-5-11(10-16)9-13(12)15(17)18/h5-6,9,16H,3-4,7-8,10H2,1-2H3. The smallest absolute Gasteiger partial charge is 0.292 e. The molecule has 0 saturated heterocycles. The third-order valence-electron chi connectivity index (χ3n) is 2.85. The van der Waals surface area contributed by atoms with Crippen LogP contribution in [0.2, 0.25) is 0 Å². The maximum Gasteiger partial charge on any atom is 0.292 e. The molecule has 6 heteroatoms. The van der Waals surface area contributed by atoms with E-state index in [0.717, 1.165) is 0 Å². The van der Waals surface area contributed by atoms with Crippen molar-refractivity contribution in [1.29, 1.82) is 0 Å². The lowest BCUT2D eigenvalue weighted by molar-refractivity contribution is -0.384. The van der Waals surface area contributed by atoms with Gasteiger partial charge in [0, 0.05) is 25.8 Å². The minimum atomic E-state index is -0.419. The summed E-state index contributed by atoms with van der Waals surface area (Å²) in [4.78, 5) is 12.6. The number of aliphatic hydroxyl groups excluding tert-OH is 1. The SMILES string of the molecule is CCOCCN(CC)c1ccc(CO)cc1[N+](=O)[O-]. The van der Waals surface area contributed by atoms with Crippen LogP contribution in [-0.2, 0) is 11.3 Å². The molecule has 0 aromatic heterocycles. The molecule has 1 N–H and O–H groups in total. The van der Waals surface area contributed by atoms with E-state index in [1.165, 1.54) is 6.07 Å². The van der Waals surface area contributed by atoms with E-state index < -0.39 is 4.92 Å². The van der Waals surface area contributed by atoms with Crippen LogP contribution in [0.3, 0.4) is 0 Å². The second-order valence-electron chi connectivity index (χ2n) is 4.01. The molecule has 0 saturated carbocycles. The fourth-order valence-corrected chi connectivity index (χ4v) is 1.85. The Bertz CT molecular complexity index is 423. The molecule has 0 unspecified atom stereocenters. The summed E-state index contributed by atoms with van der Waals surface area (Å²) in [6.07, 6.45) is 0. The molecule has 106 valence electrons. The monoisotopic (exact) mass is 268 g/mol. The Hall–Kier alpha value is -1.66. The lowest BCUT2D eigenvalue weighted by Gasteiger charge is -2.22. The van der Waals surface area contributed by atoms with E-state index in [0.29, 0.717) is 37.6 Å². The zero-order valence-corrected chi connectivity index (χ0v) is 11.3. The van der Waals surface area contributed by atoms with Crippen LogP contribution < -0.4 is 4.90 Å². The zero-order chi connectivity index (χ0) is 14.3. The highest BCUT2D eigenvalue weighted by molar-refractivity contribution is 5.64. The molecule has 0 heterocycles. The Morgan fingerprint density at radius 1 is 1.42 bits per heavy atom. The predicted octanol–water partition coefficient (Wildman–Crippen LogP) is 1.95. The lowest BCUT2D eigenvalue weighted by atomic mass is 10.1. The van der Waals surface area contributed by atoms with E-state index in [1.807, 2.05) is 18.7 Å². The molecule has 0 fully saturated rings. The maximum absolute atomic E-state index is 11.1. The maximum atomic E-state index is 11.1. The van der Waals surface area contributed by atoms with Gasteiger partial charge < -0.3 is 14.7 Å². The highest BCUT2D eigenvalue weighted by Crippen LogP contribution is 2.29. The number of likely N-dealkylation sites (N-methyl/N-ethyl adjacent to an activating group) is 1. The van der Waals surface area contributed by atoms with Gasteiger partial charge in [-0.2, -0.15) is 0 Å². The van der Waals surface area contributed by atoms with Gasteiger partial charge in [0.2, 0.25) is 0 Å². The fourth-order valence-electron chi connectivity index (χ4n) is 1.85. The summed E-state index contributed by atoms with van der Waals surface area (Å²) in [5.41, 5.74) is 1.12. The van der Waals surface area contributed by atoms with E-state index >= 15 is 0 Å². The molecule has 0 atom stereocenters. The average Bonchev–Trinajstić information content (AvgIpc) is 2.43. The summed E-state index contributed by atoms with van der Waals surface area (Å²) in [5.74, 6) is 0. The van der Waals surface area contributed by atoms with Crippen molar-refractivity contribution in [1.82, 2.24) is 0 Å². The van der Waals surface area contributed by atoms with Crippen molar-refractivity contribution in [2.24, 2.45) is 0 Å². The number of hydrogen-bond donors (Lipinski definition) is 1. The molecule has 1 rings (SSSR count). The first-order chi connectivity index (χ1) is 9.13. The van der Waals surface area contributed by atoms with Crippen LogP contribution in [0.1, 0.15) is 19.4 Å². The van der Waals surface area contributed by atoms with Crippen molar-refractivity contribution >= 4 is 11.4 Å². The molecule has 6 nitrogen and oxygen atoms in total. The van der Waals surface area contributed by atoms with Gasteiger partial charge in [-0.15, -0.1) is 0 Å². The second-order valence-corrected chi connectivity index (χ2v) is 4.01. The summed E-state index contributed by atoms with van der Waals surface area (Å²) in [6, 6.07) is 4.80. The first-order valence-corrected chi connectivity index (χ1v) is 6.34. The van der Waals surface area contributed by atoms with Crippen molar-refractivity contribution in [2.45, 2.75) is 20.5 Å². The first-order valence-electron chi connectivity index (χ1n) is 6.34. The molecule has 0 spiro atoms. The number of rotatable bonds is 8. The predicted molar refractivity (Wildman–Crippen MR) is 73.4 cm³/mol. The lowest BCUT2D eigenvalue weighted by Crippen LogP contribution is -2.27. The zero-order valence-electron chi connectivity index (χ0n) is 11.3. The van der Waals surface area contributed by atoms with Crippen LogP contribution in [-0.4, -0.2) is 36.3 Å². The van der Waals surface area contributed by atoms with Crippen LogP contribution in [0.5, 0.6) is 0 Å². The minimum Gasteiger partial charge on any atom is -0.392 e. The van der Waals surface area contributed by atoms with Gasteiger partial charge in [-0.1, -0.05) is 6.07 Å². The van der Waals surface area contributed by atoms with Gasteiger partial charge >= 0.3 is 0 Å². The van der Waals surface area contributed by atoms with E-state index in [1.54, 1.807) is 12.1 Å². The van der Waals surface area contributed by atoms with Gasteiger partial charge in [-0.25, -0.2) is 0 Å². The van der Waals surface area contributed by atoms with Gasteiger partial charge in [-0.3, -0.25) is 10.1 Å². The molecular formula is C13H20N2O4. The fraction of sp³-hybridized carbons (Fsp3) is 0.538. The van der Waals surface area contributed by atoms with Gasteiger partial charge in [-0.05, 0) is 25.5 Å². The van der Waals surface area contributed by atoms with Crippen LogP contribution in [0, 0.1) is 10.1 Å². The Morgan fingerprint density at radius 2 is 2.16 bits per heavy atom. The second kappa shape index (κ2) is 7.70. The highest BCUT2D eigenvalue weighted by atomic mass is 16.6. The largest absolute Gasteiger partial charge is 0.392 e. The average molecular weight is 268 g/mol. The molecule has 0 amide bonds. The molecule has 0 bridgehead atoms. The number of benzene rings is 1. The number of nitro groups is 1. The van der Waals surface area contributed by atoms with E-state index in [9.17, 15) is 10.1 Å². The van der Waals surface area contributed by atoms with Crippen molar-refractivity contribution in [2.75, 3.05) is 31.2 Å². The van der Waals surface area contributed by atoms with Crippen molar-refractivity contribution in [3.8, 4) is 0 Å². The van der Waals surface area contributed by atoms with Gasteiger partial charge in [0.15, 0.2) is 0 Å². The topological polar surface area (TPSA) is 75.8 Å². The number of aliphatic hydroxyl groups is 1. The number of hydrogen-bond acceptors (Lipinski definition) is 5. The van der Waals surface area contributed by atoms with Crippen LogP contribution >= 0.6 is 0 Å². The number of nitro benzene ring substituents is 1. The van der Waals surface area contributed by atoms with Crippen LogP contribution in [0.25, 0.3) is 0 Å². The van der Waals surface area contributed by atoms with E-state index in [4.69, 9.17) is 9.84 Å². The van der Waals surface area contributed by atoms with Crippen molar-refractivity contribution in [3.63, 3.8) is 0 Å². The van der Waals surface area contributed by atoms with Gasteiger partial charge in [0.1, 0.15) is 5.69 Å². The normalized spacial score (nSPS) is 10.5.